The number of H-pyrrole nitrogens is 1. The largest absolute Gasteiger partial charge is 0.494 e. The van der Waals surface area contributed by atoms with Gasteiger partial charge in [-0.25, -0.2) is 4.39 Å². The molecule has 0 saturated heterocycles. The van der Waals surface area contributed by atoms with E-state index in [0.717, 1.165) is 35.3 Å². The molecule has 0 atom stereocenters. The fourth-order valence-corrected chi connectivity index (χ4v) is 5.59. The van der Waals surface area contributed by atoms with Crippen LogP contribution in [-0.2, 0) is 17.3 Å². The molecule has 2 N–H and O–H groups in total. The average molecular weight is 456 g/mol. The Morgan fingerprint density at radius 2 is 1.69 bits per heavy atom. The van der Waals surface area contributed by atoms with Gasteiger partial charge in [-0.1, -0.05) is 45.1 Å². The van der Waals surface area contributed by atoms with E-state index in [-0.39, 0.29) is 33.8 Å². The summed E-state index contributed by atoms with van der Waals surface area (Å²) in [5, 5.41) is 9.97. The van der Waals surface area contributed by atoms with Crippen LogP contribution in [0, 0.1) is 12.7 Å². The first-order valence-electron chi connectivity index (χ1n) is 10.9. The number of ether oxygens (including phenoxy) is 1. The zero-order valence-corrected chi connectivity index (χ0v) is 20.3. The van der Waals surface area contributed by atoms with Gasteiger partial charge in [0.15, 0.2) is 11.6 Å². The number of rotatable bonds is 4. The van der Waals surface area contributed by atoms with E-state index in [1.807, 2.05) is 6.07 Å². The second-order valence-corrected chi connectivity index (χ2v) is 11.2. The van der Waals surface area contributed by atoms with E-state index in [4.69, 9.17) is 4.74 Å². The van der Waals surface area contributed by atoms with E-state index < -0.39 is 5.82 Å². The molecule has 4 nitrogen and oxygen atoms in total. The first kappa shape index (κ1) is 22.6. The number of hydrogen-bond donors (Lipinski definition) is 2. The molecule has 2 aromatic carbocycles. The van der Waals surface area contributed by atoms with Gasteiger partial charge in [-0.2, -0.15) is 0 Å². The van der Waals surface area contributed by atoms with Crippen molar-refractivity contribution >= 4 is 11.3 Å². The number of aryl methyl sites for hydroxylation is 1. The van der Waals surface area contributed by atoms with E-state index in [0.29, 0.717) is 16.0 Å². The Hall–Kier alpha value is -2.60. The Bertz CT molecular complexity index is 1250. The number of nitrogens with one attached hydrogen (secondary N) is 1. The Labute approximate surface area is 192 Å². The van der Waals surface area contributed by atoms with Crippen molar-refractivity contribution in [2.24, 2.45) is 0 Å². The molecular formula is C26H30FNO3S. The standard InChI is InChI=1S/C26H30FNO3S/c1-14-9-18-19(26(4,5)8-7-25(18,2)3)13-16(14)17-10-15(11-20(27)22(17)31-6)12-21-23(29)28-24(30)32-21/h9-11,13,29H,7-8,12H2,1-6H3,(H,28,30). The molecule has 0 aliphatic heterocycles. The summed E-state index contributed by atoms with van der Waals surface area (Å²) in [5.74, 6) is -0.415. The van der Waals surface area contributed by atoms with Crippen LogP contribution < -0.4 is 9.61 Å². The fourth-order valence-electron chi connectivity index (χ4n) is 4.83. The fraction of sp³-hybridized carbons (Fsp3) is 0.423. The van der Waals surface area contributed by atoms with Crippen molar-refractivity contribution in [1.29, 1.82) is 0 Å². The minimum Gasteiger partial charge on any atom is -0.494 e. The molecular weight excluding hydrogens is 425 g/mol. The summed E-state index contributed by atoms with van der Waals surface area (Å²) >= 11 is 0.933. The van der Waals surface area contributed by atoms with Crippen LogP contribution in [0.15, 0.2) is 29.1 Å². The predicted octanol–water partition coefficient (Wildman–Crippen LogP) is 6.20. The number of hydrogen-bond acceptors (Lipinski definition) is 4. The lowest BCUT2D eigenvalue weighted by atomic mass is 9.62. The number of benzene rings is 2. The van der Waals surface area contributed by atoms with Crippen molar-refractivity contribution < 1.29 is 14.2 Å². The summed E-state index contributed by atoms with van der Waals surface area (Å²) in [5.41, 5.74) is 6.13. The molecule has 170 valence electrons. The van der Waals surface area contributed by atoms with Gasteiger partial charge in [0, 0.05) is 12.0 Å². The molecule has 6 heteroatoms. The molecule has 0 spiro atoms. The first-order valence-corrected chi connectivity index (χ1v) is 11.7. The van der Waals surface area contributed by atoms with Crippen LogP contribution >= 0.6 is 11.3 Å². The summed E-state index contributed by atoms with van der Waals surface area (Å²) in [6.45, 7) is 11.2. The summed E-state index contributed by atoms with van der Waals surface area (Å²) in [6.07, 6.45) is 2.47. The lowest BCUT2D eigenvalue weighted by Gasteiger charge is -2.42. The van der Waals surface area contributed by atoms with Gasteiger partial charge >= 0.3 is 4.87 Å². The molecule has 3 aromatic rings. The second kappa shape index (κ2) is 7.77. The number of thiazole rings is 1. The highest BCUT2D eigenvalue weighted by molar-refractivity contribution is 7.09. The number of aromatic nitrogens is 1. The maximum atomic E-state index is 15.1. The molecule has 1 heterocycles. The third kappa shape index (κ3) is 3.85. The zero-order chi connectivity index (χ0) is 23.4. The topological polar surface area (TPSA) is 62.3 Å². The van der Waals surface area contributed by atoms with Crippen LogP contribution in [0.2, 0.25) is 0 Å². The average Bonchev–Trinajstić information content (AvgIpc) is 3.01. The van der Waals surface area contributed by atoms with Crippen LogP contribution in [0.5, 0.6) is 11.6 Å². The molecule has 0 amide bonds. The summed E-state index contributed by atoms with van der Waals surface area (Å²) in [7, 11) is 1.48. The minimum atomic E-state index is -0.459. The van der Waals surface area contributed by atoms with E-state index in [2.05, 4.69) is 51.7 Å². The van der Waals surface area contributed by atoms with Gasteiger partial charge in [-0.3, -0.25) is 9.78 Å². The summed E-state index contributed by atoms with van der Waals surface area (Å²) < 4.78 is 20.6. The van der Waals surface area contributed by atoms with Gasteiger partial charge in [-0.15, -0.1) is 0 Å². The van der Waals surface area contributed by atoms with Gasteiger partial charge in [0.25, 0.3) is 0 Å². The third-order valence-electron chi connectivity index (χ3n) is 6.86. The molecule has 0 fully saturated rings. The number of halogens is 1. The van der Waals surface area contributed by atoms with Gasteiger partial charge in [0.1, 0.15) is 0 Å². The SMILES string of the molecule is COc1c(F)cc(Cc2sc(=O)[nH]c2O)cc1-c1cc2c(cc1C)C(C)(C)CCC2(C)C. The molecule has 0 radical (unpaired) electrons. The molecule has 32 heavy (non-hydrogen) atoms. The first-order chi connectivity index (χ1) is 14.9. The predicted molar refractivity (Wildman–Crippen MR) is 128 cm³/mol. The number of aromatic hydroxyl groups is 1. The number of aromatic amines is 1. The molecule has 1 aliphatic rings. The highest BCUT2D eigenvalue weighted by Crippen LogP contribution is 2.48. The maximum absolute atomic E-state index is 15.1. The van der Waals surface area contributed by atoms with E-state index >= 15 is 4.39 Å². The molecule has 0 bridgehead atoms. The monoisotopic (exact) mass is 455 g/mol. The Balaban J connectivity index is 1.90. The van der Waals surface area contributed by atoms with Crippen molar-refractivity contribution in [2.45, 2.75) is 64.7 Å². The van der Waals surface area contributed by atoms with Crippen LogP contribution in [0.25, 0.3) is 11.1 Å². The van der Waals surface area contributed by atoms with E-state index in [1.165, 1.54) is 24.3 Å². The van der Waals surface area contributed by atoms with Gasteiger partial charge in [-0.05, 0) is 76.6 Å². The summed E-state index contributed by atoms with van der Waals surface area (Å²) in [6, 6.07) is 7.77. The highest BCUT2D eigenvalue weighted by atomic mass is 32.1. The molecule has 0 unspecified atom stereocenters. The lowest BCUT2D eigenvalue weighted by Crippen LogP contribution is -2.34. The highest BCUT2D eigenvalue weighted by Gasteiger charge is 2.37. The Morgan fingerprint density at radius 1 is 1.06 bits per heavy atom. The Kier molecular flexibility index (Phi) is 5.48. The molecule has 1 aromatic heterocycles. The van der Waals surface area contributed by atoms with Crippen molar-refractivity contribution in [3.63, 3.8) is 0 Å². The van der Waals surface area contributed by atoms with E-state index in [1.54, 1.807) is 0 Å². The molecule has 1 aliphatic carbocycles. The molecule has 4 rings (SSSR count). The lowest BCUT2D eigenvalue weighted by molar-refractivity contribution is 0.332. The second-order valence-electron chi connectivity index (χ2n) is 10.1. The normalized spacial score (nSPS) is 16.6. The summed E-state index contributed by atoms with van der Waals surface area (Å²) in [4.78, 5) is 14.1. The van der Waals surface area contributed by atoms with Crippen molar-refractivity contribution in [3.05, 3.63) is 66.9 Å². The zero-order valence-electron chi connectivity index (χ0n) is 19.5. The van der Waals surface area contributed by atoms with Gasteiger partial charge in [0.2, 0.25) is 5.88 Å². The van der Waals surface area contributed by atoms with Crippen molar-refractivity contribution in [2.75, 3.05) is 7.11 Å². The van der Waals surface area contributed by atoms with Crippen LogP contribution in [0.4, 0.5) is 4.39 Å². The number of fused-ring (bicyclic) bond motifs is 1. The molecule has 0 saturated carbocycles. The van der Waals surface area contributed by atoms with Gasteiger partial charge in [0.05, 0.1) is 12.0 Å². The number of methoxy groups -OCH3 is 1. The van der Waals surface area contributed by atoms with Gasteiger partial charge < -0.3 is 9.84 Å². The van der Waals surface area contributed by atoms with Crippen LogP contribution in [-0.4, -0.2) is 17.2 Å². The quantitative estimate of drug-likeness (QED) is 0.492. The minimum absolute atomic E-state index is 0.0276. The van der Waals surface area contributed by atoms with Crippen LogP contribution in [0.1, 0.15) is 67.7 Å². The van der Waals surface area contributed by atoms with Crippen molar-refractivity contribution in [3.8, 4) is 22.8 Å². The Morgan fingerprint density at radius 3 is 2.25 bits per heavy atom. The van der Waals surface area contributed by atoms with Crippen molar-refractivity contribution in [1.82, 2.24) is 4.98 Å². The smallest absolute Gasteiger partial charge is 0.307 e. The third-order valence-corrected chi connectivity index (χ3v) is 7.73. The van der Waals surface area contributed by atoms with Crippen LogP contribution in [0.3, 0.4) is 0 Å². The maximum Gasteiger partial charge on any atom is 0.307 e. The van der Waals surface area contributed by atoms with E-state index in [9.17, 15) is 9.90 Å².